The van der Waals surface area contributed by atoms with Gasteiger partial charge in [-0.05, 0) is 19.1 Å². The molecule has 1 rings (SSSR count). The molecular weight excluding hydrogens is 166 g/mol. The van der Waals surface area contributed by atoms with Crippen LogP contribution in [0.4, 0.5) is 11.5 Å². The van der Waals surface area contributed by atoms with Gasteiger partial charge in [0.25, 0.3) is 0 Å². The van der Waals surface area contributed by atoms with Gasteiger partial charge in [-0.15, -0.1) is 0 Å². The van der Waals surface area contributed by atoms with E-state index in [9.17, 15) is 0 Å². The normalized spacial score (nSPS) is 10.1. The number of nitrogen functional groups attached to an aromatic ring is 1. The van der Waals surface area contributed by atoms with Crippen LogP contribution in [0.2, 0.25) is 0 Å². The van der Waals surface area contributed by atoms with E-state index < -0.39 is 0 Å². The molecule has 0 radical (unpaired) electrons. The minimum atomic E-state index is 0.127. The summed E-state index contributed by atoms with van der Waals surface area (Å²) in [6.07, 6.45) is 0. The number of anilines is 2. The van der Waals surface area contributed by atoms with Crippen LogP contribution in [0.15, 0.2) is 12.1 Å². The summed E-state index contributed by atoms with van der Waals surface area (Å²) >= 11 is 0. The SMILES string of the molecule is Cc1nc(N(C)CCO)ccc1N. The molecule has 72 valence electrons. The maximum absolute atomic E-state index is 8.73. The standard InChI is InChI=1S/C9H15N3O/c1-7-8(10)3-4-9(11-7)12(2)5-6-13/h3-4,13H,5-6,10H2,1-2H3. The lowest BCUT2D eigenvalue weighted by molar-refractivity contribution is 0.304. The van der Waals surface area contributed by atoms with Crippen molar-refractivity contribution in [2.45, 2.75) is 6.92 Å². The summed E-state index contributed by atoms with van der Waals surface area (Å²) in [4.78, 5) is 6.16. The summed E-state index contributed by atoms with van der Waals surface area (Å²) in [6.45, 7) is 2.57. The predicted octanol–water partition coefficient (Wildman–Crippen LogP) is 0.401. The van der Waals surface area contributed by atoms with Gasteiger partial charge in [0.15, 0.2) is 0 Å². The van der Waals surface area contributed by atoms with Gasteiger partial charge >= 0.3 is 0 Å². The fraction of sp³-hybridized carbons (Fsp3) is 0.444. The molecule has 13 heavy (non-hydrogen) atoms. The van der Waals surface area contributed by atoms with Crippen LogP contribution in [0.25, 0.3) is 0 Å². The Kier molecular flexibility index (Phi) is 3.08. The molecule has 0 amide bonds. The first-order chi connectivity index (χ1) is 6.15. The zero-order chi connectivity index (χ0) is 9.84. The number of aromatic nitrogens is 1. The average Bonchev–Trinajstić information content (AvgIpc) is 2.10. The van der Waals surface area contributed by atoms with E-state index in [1.165, 1.54) is 0 Å². The molecule has 0 spiro atoms. The number of rotatable bonds is 3. The van der Waals surface area contributed by atoms with Crippen molar-refractivity contribution >= 4 is 11.5 Å². The van der Waals surface area contributed by atoms with Crippen molar-refractivity contribution in [2.24, 2.45) is 0 Å². The zero-order valence-electron chi connectivity index (χ0n) is 7.99. The number of nitrogens with two attached hydrogens (primary N) is 1. The number of likely N-dealkylation sites (N-methyl/N-ethyl adjacent to an activating group) is 1. The van der Waals surface area contributed by atoms with Crippen molar-refractivity contribution in [3.05, 3.63) is 17.8 Å². The maximum Gasteiger partial charge on any atom is 0.128 e. The Bertz CT molecular complexity index is 288. The second kappa shape index (κ2) is 4.09. The highest BCUT2D eigenvalue weighted by molar-refractivity contribution is 5.49. The predicted molar refractivity (Wildman–Crippen MR) is 53.7 cm³/mol. The van der Waals surface area contributed by atoms with Gasteiger partial charge in [-0.3, -0.25) is 0 Å². The molecule has 0 aliphatic heterocycles. The minimum absolute atomic E-state index is 0.127. The first kappa shape index (κ1) is 9.80. The lowest BCUT2D eigenvalue weighted by atomic mass is 10.3. The fourth-order valence-corrected chi connectivity index (χ4v) is 1.04. The summed E-state index contributed by atoms with van der Waals surface area (Å²) in [5.74, 6) is 0.834. The monoisotopic (exact) mass is 181 g/mol. The molecule has 0 aromatic carbocycles. The molecule has 0 atom stereocenters. The third-order valence-corrected chi connectivity index (χ3v) is 1.94. The minimum Gasteiger partial charge on any atom is -0.397 e. The maximum atomic E-state index is 8.73. The Hall–Kier alpha value is -1.29. The molecule has 0 unspecified atom stereocenters. The highest BCUT2D eigenvalue weighted by Crippen LogP contribution is 2.14. The number of aryl methyl sites for hydroxylation is 1. The smallest absolute Gasteiger partial charge is 0.128 e. The van der Waals surface area contributed by atoms with Crippen LogP contribution in [0.1, 0.15) is 5.69 Å². The Morgan fingerprint density at radius 1 is 1.54 bits per heavy atom. The number of pyridine rings is 1. The van der Waals surface area contributed by atoms with Crippen molar-refractivity contribution in [1.29, 1.82) is 0 Å². The van der Waals surface area contributed by atoms with Crippen LogP contribution in [-0.4, -0.2) is 30.3 Å². The fourth-order valence-electron chi connectivity index (χ4n) is 1.04. The number of hydrogen-bond acceptors (Lipinski definition) is 4. The molecule has 4 nitrogen and oxygen atoms in total. The van der Waals surface area contributed by atoms with Gasteiger partial charge < -0.3 is 15.7 Å². The molecule has 4 heteroatoms. The second-order valence-electron chi connectivity index (χ2n) is 2.99. The van der Waals surface area contributed by atoms with Gasteiger partial charge in [0.05, 0.1) is 18.0 Å². The van der Waals surface area contributed by atoms with Crippen LogP contribution in [0, 0.1) is 6.92 Å². The molecule has 0 saturated carbocycles. The highest BCUT2D eigenvalue weighted by Gasteiger charge is 2.02. The first-order valence-electron chi connectivity index (χ1n) is 4.20. The number of nitrogens with zero attached hydrogens (tertiary/aromatic N) is 2. The Morgan fingerprint density at radius 2 is 2.23 bits per heavy atom. The molecule has 0 aliphatic carbocycles. The van der Waals surface area contributed by atoms with E-state index in [0.29, 0.717) is 12.2 Å². The Labute approximate surface area is 78.0 Å². The second-order valence-corrected chi connectivity index (χ2v) is 2.99. The zero-order valence-corrected chi connectivity index (χ0v) is 7.99. The summed E-state index contributed by atoms with van der Waals surface area (Å²) < 4.78 is 0. The molecule has 1 heterocycles. The first-order valence-corrected chi connectivity index (χ1v) is 4.20. The van der Waals surface area contributed by atoms with Crippen molar-refractivity contribution in [2.75, 3.05) is 30.8 Å². The Balaban J connectivity index is 2.84. The summed E-state index contributed by atoms with van der Waals surface area (Å²) in [5, 5.41) is 8.73. The van der Waals surface area contributed by atoms with E-state index in [1.807, 2.05) is 31.0 Å². The van der Waals surface area contributed by atoms with Crippen LogP contribution in [0.5, 0.6) is 0 Å². The van der Waals surface area contributed by atoms with E-state index >= 15 is 0 Å². The van der Waals surface area contributed by atoms with E-state index in [-0.39, 0.29) is 6.61 Å². The van der Waals surface area contributed by atoms with Crippen molar-refractivity contribution in [1.82, 2.24) is 4.98 Å². The highest BCUT2D eigenvalue weighted by atomic mass is 16.3. The molecule has 0 fully saturated rings. The summed E-state index contributed by atoms with van der Waals surface area (Å²) in [7, 11) is 1.88. The van der Waals surface area contributed by atoms with E-state index in [1.54, 1.807) is 0 Å². The molecule has 0 aliphatic rings. The third kappa shape index (κ3) is 2.32. The molecule has 0 bridgehead atoms. The lowest BCUT2D eigenvalue weighted by Crippen LogP contribution is -2.22. The third-order valence-electron chi connectivity index (χ3n) is 1.94. The quantitative estimate of drug-likeness (QED) is 0.708. The van der Waals surface area contributed by atoms with Crippen LogP contribution < -0.4 is 10.6 Å². The van der Waals surface area contributed by atoms with Gasteiger partial charge in [-0.1, -0.05) is 0 Å². The van der Waals surface area contributed by atoms with Gasteiger partial charge in [0, 0.05) is 13.6 Å². The van der Waals surface area contributed by atoms with Crippen molar-refractivity contribution < 1.29 is 5.11 Å². The van der Waals surface area contributed by atoms with Gasteiger partial charge in [-0.25, -0.2) is 4.98 Å². The average molecular weight is 181 g/mol. The van der Waals surface area contributed by atoms with Gasteiger partial charge in [0.1, 0.15) is 5.82 Å². The largest absolute Gasteiger partial charge is 0.397 e. The molecular formula is C9H15N3O. The number of aliphatic hydroxyl groups is 1. The van der Waals surface area contributed by atoms with Crippen LogP contribution in [0.3, 0.4) is 0 Å². The topological polar surface area (TPSA) is 62.4 Å². The van der Waals surface area contributed by atoms with Gasteiger partial charge in [-0.2, -0.15) is 0 Å². The molecule has 1 aromatic rings. The molecule has 3 N–H and O–H groups in total. The summed E-state index contributed by atoms with van der Waals surface area (Å²) in [5.41, 5.74) is 7.15. The van der Waals surface area contributed by atoms with Crippen LogP contribution in [-0.2, 0) is 0 Å². The number of hydrogen-bond donors (Lipinski definition) is 2. The Morgan fingerprint density at radius 3 is 2.77 bits per heavy atom. The van der Waals surface area contributed by atoms with E-state index in [2.05, 4.69) is 4.98 Å². The van der Waals surface area contributed by atoms with Crippen molar-refractivity contribution in [3.8, 4) is 0 Å². The van der Waals surface area contributed by atoms with Gasteiger partial charge in [0.2, 0.25) is 0 Å². The summed E-state index contributed by atoms with van der Waals surface area (Å²) in [6, 6.07) is 3.67. The number of aliphatic hydroxyl groups excluding tert-OH is 1. The van der Waals surface area contributed by atoms with E-state index in [0.717, 1.165) is 11.5 Å². The molecule has 1 aromatic heterocycles. The lowest BCUT2D eigenvalue weighted by Gasteiger charge is -2.17. The van der Waals surface area contributed by atoms with Crippen LogP contribution >= 0.6 is 0 Å². The van der Waals surface area contributed by atoms with Crippen molar-refractivity contribution in [3.63, 3.8) is 0 Å². The molecule has 0 saturated heterocycles. The van der Waals surface area contributed by atoms with E-state index in [4.69, 9.17) is 10.8 Å².